The first-order valence-corrected chi connectivity index (χ1v) is 12.9. The summed E-state index contributed by atoms with van der Waals surface area (Å²) in [5.74, 6) is -1.82. The second-order valence-corrected chi connectivity index (χ2v) is 9.78. The minimum absolute atomic E-state index is 0.0204. The fourth-order valence-electron chi connectivity index (χ4n) is 4.10. The molecule has 0 unspecified atom stereocenters. The standard InChI is InChI=1S/C27H34ClF3N4O4/c28-20-5-7-24(37)18(14-20)15-25(38)22(13-16-1-3-19(4-2-16)27(29,30)31)35-26(39)21(34)6-8-23(36)17(9-11-32)10-12-33/h1-5,7,14,17,21-22,37H,6,8-13,15,32-34H2,(H,35,39)/t21-,22+/m0/s1. The van der Waals surface area contributed by atoms with E-state index in [0.29, 0.717) is 31.5 Å². The Balaban J connectivity index is 2.16. The average molecular weight is 571 g/mol. The van der Waals surface area contributed by atoms with Crippen molar-refractivity contribution in [1.82, 2.24) is 5.32 Å². The van der Waals surface area contributed by atoms with Crippen molar-refractivity contribution in [2.75, 3.05) is 13.1 Å². The van der Waals surface area contributed by atoms with Crippen molar-refractivity contribution in [3.05, 3.63) is 64.2 Å². The van der Waals surface area contributed by atoms with Gasteiger partial charge in [-0.1, -0.05) is 23.7 Å². The first-order chi connectivity index (χ1) is 18.3. The molecule has 2 aromatic carbocycles. The lowest BCUT2D eigenvalue weighted by Crippen LogP contribution is -2.50. The minimum atomic E-state index is -4.52. The number of amides is 1. The van der Waals surface area contributed by atoms with E-state index < -0.39 is 35.5 Å². The third kappa shape index (κ3) is 10.2. The van der Waals surface area contributed by atoms with E-state index in [9.17, 15) is 32.7 Å². The number of nitrogens with one attached hydrogen (secondary N) is 1. The van der Waals surface area contributed by atoms with Gasteiger partial charge in [0.15, 0.2) is 5.78 Å². The van der Waals surface area contributed by atoms with Crippen LogP contribution in [0.25, 0.3) is 0 Å². The van der Waals surface area contributed by atoms with Crippen LogP contribution in [0.1, 0.15) is 42.4 Å². The van der Waals surface area contributed by atoms with E-state index in [1.54, 1.807) is 0 Å². The SMILES string of the molecule is NCCC(CCN)C(=O)CC[C@H](N)C(=O)N[C@H](Cc1ccc(C(F)(F)F)cc1)C(=O)Cc1cc(Cl)ccc1O. The fraction of sp³-hybridized carbons (Fsp3) is 0.444. The zero-order valence-electron chi connectivity index (χ0n) is 21.3. The molecule has 0 spiro atoms. The van der Waals surface area contributed by atoms with E-state index in [2.05, 4.69) is 5.32 Å². The Morgan fingerprint density at radius 1 is 0.949 bits per heavy atom. The Bertz CT molecular complexity index is 1120. The Morgan fingerprint density at radius 2 is 1.56 bits per heavy atom. The predicted molar refractivity (Wildman–Crippen MR) is 142 cm³/mol. The van der Waals surface area contributed by atoms with Crippen LogP contribution in [0.15, 0.2) is 42.5 Å². The first-order valence-electron chi connectivity index (χ1n) is 12.5. The van der Waals surface area contributed by atoms with Gasteiger partial charge >= 0.3 is 6.18 Å². The van der Waals surface area contributed by atoms with Gasteiger partial charge in [0.25, 0.3) is 0 Å². The minimum Gasteiger partial charge on any atom is -0.508 e. The van der Waals surface area contributed by atoms with Crippen LogP contribution < -0.4 is 22.5 Å². The molecule has 214 valence electrons. The molecule has 0 radical (unpaired) electrons. The van der Waals surface area contributed by atoms with Crippen molar-refractivity contribution in [2.45, 2.75) is 56.8 Å². The van der Waals surface area contributed by atoms with Gasteiger partial charge in [0.1, 0.15) is 11.5 Å². The van der Waals surface area contributed by atoms with Gasteiger partial charge in [0.2, 0.25) is 5.91 Å². The smallest absolute Gasteiger partial charge is 0.416 e. The molecule has 1 amide bonds. The lowest BCUT2D eigenvalue weighted by molar-refractivity contribution is -0.137. The summed E-state index contributed by atoms with van der Waals surface area (Å²) < 4.78 is 38.9. The number of nitrogens with two attached hydrogens (primary N) is 3. The van der Waals surface area contributed by atoms with Gasteiger partial charge in [-0.3, -0.25) is 14.4 Å². The molecule has 0 fully saturated rings. The third-order valence-electron chi connectivity index (χ3n) is 6.36. The van der Waals surface area contributed by atoms with Crippen LogP contribution in [-0.2, 0) is 33.4 Å². The van der Waals surface area contributed by atoms with Crippen molar-refractivity contribution >= 4 is 29.1 Å². The number of Topliss-reactive ketones (excluding diaryl/α,β-unsaturated/α-hetero) is 2. The van der Waals surface area contributed by atoms with E-state index in [0.717, 1.165) is 12.1 Å². The van der Waals surface area contributed by atoms with Gasteiger partial charge in [-0.25, -0.2) is 0 Å². The second-order valence-electron chi connectivity index (χ2n) is 9.34. The Hall–Kier alpha value is -2.99. The van der Waals surface area contributed by atoms with Crippen molar-refractivity contribution in [3.63, 3.8) is 0 Å². The molecule has 2 atom stereocenters. The maximum atomic E-state index is 13.2. The highest BCUT2D eigenvalue weighted by Crippen LogP contribution is 2.29. The number of rotatable bonds is 15. The molecule has 0 aliphatic carbocycles. The molecule has 8 nitrogen and oxygen atoms in total. The molecule has 0 aliphatic rings. The lowest BCUT2D eigenvalue weighted by Gasteiger charge is -2.21. The third-order valence-corrected chi connectivity index (χ3v) is 6.59. The average Bonchev–Trinajstić information content (AvgIpc) is 2.88. The molecular formula is C27H34ClF3N4O4. The van der Waals surface area contributed by atoms with Gasteiger partial charge in [-0.2, -0.15) is 13.2 Å². The van der Waals surface area contributed by atoms with Gasteiger partial charge in [-0.15, -0.1) is 0 Å². The number of carbonyl (C=O) groups is 3. The number of hydrogen-bond acceptors (Lipinski definition) is 7. The largest absolute Gasteiger partial charge is 0.508 e. The molecule has 2 rings (SSSR count). The Labute approximate surface area is 230 Å². The zero-order chi connectivity index (χ0) is 29.2. The quantitative estimate of drug-likeness (QED) is 0.220. The normalized spacial score (nSPS) is 13.2. The molecule has 0 aliphatic heterocycles. The molecule has 0 saturated heterocycles. The summed E-state index contributed by atoms with van der Waals surface area (Å²) in [4.78, 5) is 38.6. The van der Waals surface area contributed by atoms with E-state index in [1.165, 1.54) is 30.3 Å². The first kappa shape index (κ1) is 32.2. The fourth-order valence-corrected chi connectivity index (χ4v) is 4.29. The maximum Gasteiger partial charge on any atom is 0.416 e. The topological polar surface area (TPSA) is 162 Å². The molecule has 12 heteroatoms. The molecule has 0 aromatic heterocycles. The molecule has 0 saturated carbocycles. The van der Waals surface area contributed by atoms with Crippen molar-refractivity contribution in [1.29, 1.82) is 0 Å². The van der Waals surface area contributed by atoms with Crippen molar-refractivity contribution in [2.24, 2.45) is 23.1 Å². The summed E-state index contributed by atoms with van der Waals surface area (Å²) in [5, 5.41) is 13.0. The highest BCUT2D eigenvalue weighted by Gasteiger charge is 2.31. The Morgan fingerprint density at radius 3 is 2.13 bits per heavy atom. The van der Waals surface area contributed by atoms with E-state index in [1.807, 2.05) is 0 Å². The van der Waals surface area contributed by atoms with Gasteiger partial charge in [0, 0.05) is 29.3 Å². The van der Waals surface area contributed by atoms with Crippen LogP contribution in [0.2, 0.25) is 5.02 Å². The van der Waals surface area contributed by atoms with Crippen LogP contribution >= 0.6 is 11.6 Å². The number of carbonyl (C=O) groups excluding carboxylic acids is 3. The van der Waals surface area contributed by atoms with Gasteiger partial charge < -0.3 is 27.6 Å². The summed E-state index contributed by atoms with van der Waals surface area (Å²) in [7, 11) is 0. The number of ketones is 2. The van der Waals surface area contributed by atoms with E-state index >= 15 is 0 Å². The number of hydrogen-bond donors (Lipinski definition) is 5. The number of alkyl halides is 3. The maximum absolute atomic E-state index is 13.2. The van der Waals surface area contributed by atoms with Gasteiger partial charge in [0.05, 0.1) is 17.6 Å². The molecule has 2 aromatic rings. The van der Waals surface area contributed by atoms with Gasteiger partial charge in [-0.05, 0) is 74.7 Å². The highest BCUT2D eigenvalue weighted by molar-refractivity contribution is 6.30. The van der Waals surface area contributed by atoms with Crippen LogP contribution in [0.5, 0.6) is 5.75 Å². The summed E-state index contributed by atoms with van der Waals surface area (Å²) in [6.07, 6.45) is -3.96. The highest BCUT2D eigenvalue weighted by atomic mass is 35.5. The summed E-state index contributed by atoms with van der Waals surface area (Å²) >= 11 is 5.97. The van der Waals surface area contributed by atoms with Crippen LogP contribution in [0.3, 0.4) is 0 Å². The summed E-state index contributed by atoms with van der Waals surface area (Å²) in [6, 6.07) is 6.10. The molecular weight excluding hydrogens is 537 g/mol. The van der Waals surface area contributed by atoms with Crippen molar-refractivity contribution in [3.8, 4) is 5.75 Å². The zero-order valence-corrected chi connectivity index (χ0v) is 22.1. The summed E-state index contributed by atoms with van der Waals surface area (Å²) in [6.45, 7) is 0.637. The molecule has 39 heavy (non-hydrogen) atoms. The van der Waals surface area contributed by atoms with E-state index in [-0.39, 0.29) is 53.7 Å². The number of phenolic OH excluding ortho intramolecular Hbond substituents is 1. The number of phenols is 1. The summed E-state index contributed by atoms with van der Waals surface area (Å²) in [5.41, 5.74) is 16.9. The number of halogens is 4. The van der Waals surface area contributed by atoms with Crippen LogP contribution in [0, 0.1) is 5.92 Å². The molecule has 8 N–H and O–H groups in total. The van der Waals surface area contributed by atoms with Crippen molar-refractivity contribution < 1.29 is 32.7 Å². The molecule has 0 bridgehead atoms. The monoisotopic (exact) mass is 570 g/mol. The van der Waals surface area contributed by atoms with Crippen LogP contribution in [0.4, 0.5) is 13.2 Å². The Kier molecular flexibility index (Phi) is 12.4. The van der Waals surface area contributed by atoms with E-state index in [4.69, 9.17) is 28.8 Å². The lowest BCUT2D eigenvalue weighted by atomic mass is 9.92. The second kappa shape index (κ2) is 15.0. The van der Waals surface area contributed by atoms with Crippen LogP contribution in [-0.4, -0.2) is 47.8 Å². The molecule has 0 heterocycles. The number of benzene rings is 2. The predicted octanol–water partition coefficient (Wildman–Crippen LogP) is 2.89. The number of aromatic hydroxyl groups is 1.